The molecular weight excluding hydrogens is 394 g/mol. The van der Waals surface area contributed by atoms with E-state index in [0.29, 0.717) is 19.7 Å². The van der Waals surface area contributed by atoms with E-state index in [2.05, 4.69) is 16.0 Å². The van der Waals surface area contributed by atoms with Crippen LogP contribution in [0.3, 0.4) is 0 Å². The second-order valence-electron chi connectivity index (χ2n) is 7.26. The van der Waals surface area contributed by atoms with Crippen molar-refractivity contribution in [2.45, 2.75) is 32.2 Å². The van der Waals surface area contributed by atoms with E-state index in [-0.39, 0.29) is 12.5 Å². The maximum Gasteiger partial charge on any atom is 0.245 e. The highest BCUT2D eigenvalue weighted by molar-refractivity contribution is 5.77. The number of ether oxygens (including phenoxy) is 3. The van der Waals surface area contributed by atoms with Gasteiger partial charge in [0.25, 0.3) is 0 Å². The number of carbonyl (C=O) groups is 1. The van der Waals surface area contributed by atoms with E-state index in [0.717, 1.165) is 54.0 Å². The molecule has 3 rings (SSSR count). The Kier molecular flexibility index (Phi) is 8.72. The van der Waals surface area contributed by atoms with Crippen LogP contribution in [0.25, 0.3) is 11.0 Å². The van der Waals surface area contributed by atoms with Crippen LogP contribution in [0.4, 0.5) is 0 Å². The minimum Gasteiger partial charge on any atom is -0.493 e. The molecule has 0 aliphatic carbocycles. The molecule has 0 saturated carbocycles. The van der Waals surface area contributed by atoms with Gasteiger partial charge in [-0.25, -0.2) is 4.98 Å². The quantitative estimate of drug-likeness (QED) is 0.424. The third-order valence-corrected chi connectivity index (χ3v) is 5.05. The second-order valence-corrected chi connectivity index (χ2v) is 7.26. The average Bonchev–Trinajstić information content (AvgIpc) is 3.14. The molecule has 3 aromatic rings. The number of unbranched alkanes of at least 4 members (excludes halogenated alkanes) is 2. The molecule has 0 bridgehead atoms. The van der Waals surface area contributed by atoms with Crippen molar-refractivity contribution in [3.63, 3.8) is 0 Å². The summed E-state index contributed by atoms with van der Waals surface area (Å²) in [6.45, 7) is 2.02. The number of benzene rings is 2. The smallest absolute Gasteiger partial charge is 0.245 e. The summed E-state index contributed by atoms with van der Waals surface area (Å²) in [7, 11) is 3.17. The number of nitrogens with zero attached hydrogens (tertiary/aromatic N) is 2. The summed E-state index contributed by atoms with van der Waals surface area (Å²) in [4.78, 5) is 16.3. The van der Waals surface area contributed by atoms with Crippen molar-refractivity contribution < 1.29 is 19.0 Å². The van der Waals surface area contributed by atoms with Gasteiger partial charge < -0.3 is 24.1 Å². The van der Waals surface area contributed by atoms with Crippen LogP contribution < -0.4 is 14.8 Å². The second kappa shape index (κ2) is 12.0. The normalized spacial score (nSPS) is 10.9. The standard InChI is InChI=1S/C24H31N3O4/c1-29-18-24(28)25-15-9-3-4-14-23-26-19-10-5-6-11-20(19)27(23)16-17-31-22-13-8-7-12-21(22)30-2/h5-8,10-13H,3-4,9,14-18H2,1-2H3,(H,25,28). The summed E-state index contributed by atoms with van der Waals surface area (Å²) >= 11 is 0. The van der Waals surface area contributed by atoms with E-state index in [9.17, 15) is 4.79 Å². The molecule has 166 valence electrons. The third kappa shape index (κ3) is 6.46. The first-order chi connectivity index (χ1) is 15.2. The molecule has 2 aromatic carbocycles. The number of fused-ring (bicyclic) bond motifs is 1. The van der Waals surface area contributed by atoms with Crippen LogP contribution >= 0.6 is 0 Å². The number of methoxy groups -OCH3 is 2. The van der Waals surface area contributed by atoms with Crippen molar-refractivity contribution in [3.05, 3.63) is 54.4 Å². The van der Waals surface area contributed by atoms with Crippen LogP contribution in [0.2, 0.25) is 0 Å². The van der Waals surface area contributed by atoms with E-state index in [1.807, 2.05) is 42.5 Å². The Morgan fingerprint density at radius 3 is 2.58 bits per heavy atom. The van der Waals surface area contributed by atoms with Crippen molar-refractivity contribution in [3.8, 4) is 11.5 Å². The molecule has 1 heterocycles. The molecule has 0 aliphatic heterocycles. The Morgan fingerprint density at radius 2 is 1.77 bits per heavy atom. The average molecular weight is 426 g/mol. The highest BCUT2D eigenvalue weighted by Gasteiger charge is 2.11. The number of carbonyl (C=O) groups excluding carboxylic acids is 1. The van der Waals surface area contributed by atoms with Gasteiger partial charge in [0.05, 0.1) is 24.7 Å². The number of hydrogen-bond donors (Lipinski definition) is 1. The number of rotatable bonds is 13. The monoisotopic (exact) mass is 425 g/mol. The molecule has 1 N–H and O–H groups in total. The number of aryl methyl sites for hydroxylation is 1. The van der Waals surface area contributed by atoms with Gasteiger partial charge in [0.2, 0.25) is 5.91 Å². The molecule has 31 heavy (non-hydrogen) atoms. The molecule has 0 radical (unpaired) electrons. The lowest BCUT2D eigenvalue weighted by molar-refractivity contribution is -0.124. The summed E-state index contributed by atoms with van der Waals surface area (Å²) < 4.78 is 18.4. The predicted octanol–water partition coefficient (Wildman–Crippen LogP) is 3.60. The lowest BCUT2D eigenvalue weighted by atomic mass is 10.2. The van der Waals surface area contributed by atoms with Crippen molar-refractivity contribution in [2.75, 3.05) is 34.0 Å². The fraction of sp³-hybridized carbons (Fsp3) is 0.417. The van der Waals surface area contributed by atoms with E-state index in [4.69, 9.17) is 19.2 Å². The molecule has 1 aromatic heterocycles. The van der Waals surface area contributed by atoms with Gasteiger partial charge in [-0.15, -0.1) is 0 Å². The molecule has 7 heteroatoms. The zero-order valence-electron chi connectivity index (χ0n) is 18.3. The minimum atomic E-state index is -0.0701. The minimum absolute atomic E-state index is 0.0701. The van der Waals surface area contributed by atoms with E-state index >= 15 is 0 Å². The Labute approximate surface area is 183 Å². The molecule has 0 atom stereocenters. The molecule has 7 nitrogen and oxygen atoms in total. The SMILES string of the molecule is COCC(=O)NCCCCCc1nc2ccccc2n1CCOc1ccccc1OC. The summed E-state index contributed by atoms with van der Waals surface area (Å²) in [6, 6.07) is 15.9. The Morgan fingerprint density at radius 1 is 1.00 bits per heavy atom. The largest absolute Gasteiger partial charge is 0.493 e. The number of imidazole rings is 1. The number of nitrogens with one attached hydrogen (secondary N) is 1. The van der Waals surface area contributed by atoms with Crippen LogP contribution in [0.1, 0.15) is 25.1 Å². The van der Waals surface area contributed by atoms with Crippen molar-refractivity contribution in [1.82, 2.24) is 14.9 Å². The summed E-state index contributed by atoms with van der Waals surface area (Å²) in [5.74, 6) is 2.47. The first-order valence-electron chi connectivity index (χ1n) is 10.7. The number of para-hydroxylation sites is 4. The van der Waals surface area contributed by atoms with Gasteiger partial charge in [0.15, 0.2) is 11.5 Å². The number of aromatic nitrogens is 2. The lowest BCUT2D eigenvalue weighted by Gasteiger charge is -2.13. The third-order valence-electron chi connectivity index (χ3n) is 5.05. The molecule has 0 unspecified atom stereocenters. The fourth-order valence-electron chi connectivity index (χ4n) is 3.55. The predicted molar refractivity (Wildman–Crippen MR) is 121 cm³/mol. The zero-order valence-corrected chi connectivity index (χ0v) is 18.3. The van der Waals surface area contributed by atoms with Crippen molar-refractivity contribution >= 4 is 16.9 Å². The van der Waals surface area contributed by atoms with Crippen LogP contribution in [0.15, 0.2) is 48.5 Å². The molecule has 0 spiro atoms. The molecule has 0 fully saturated rings. The van der Waals surface area contributed by atoms with E-state index < -0.39 is 0 Å². The molecule has 0 saturated heterocycles. The van der Waals surface area contributed by atoms with Crippen LogP contribution in [-0.2, 0) is 22.5 Å². The van der Waals surface area contributed by atoms with Gasteiger partial charge in [0.1, 0.15) is 19.0 Å². The van der Waals surface area contributed by atoms with Gasteiger partial charge in [0, 0.05) is 20.1 Å². The lowest BCUT2D eigenvalue weighted by Crippen LogP contribution is -2.27. The Bertz CT molecular complexity index is 970. The van der Waals surface area contributed by atoms with Gasteiger partial charge in [-0.2, -0.15) is 0 Å². The summed E-state index contributed by atoms with van der Waals surface area (Å²) in [6.07, 6.45) is 3.85. The van der Waals surface area contributed by atoms with Crippen LogP contribution in [0.5, 0.6) is 11.5 Å². The maximum atomic E-state index is 11.4. The number of hydrogen-bond acceptors (Lipinski definition) is 5. The van der Waals surface area contributed by atoms with Crippen molar-refractivity contribution in [1.29, 1.82) is 0 Å². The Balaban J connectivity index is 1.55. The number of amides is 1. The maximum absolute atomic E-state index is 11.4. The van der Waals surface area contributed by atoms with Crippen LogP contribution in [0, 0.1) is 0 Å². The van der Waals surface area contributed by atoms with Crippen molar-refractivity contribution in [2.24, 2.45) is 0 Å². The van der Waals surface area contributed by atoms with Gasteiger partial charge in [-0.1, -0.05) is 30.7 Å². The fourth-order valence-corrected chi connectivity index (χ4v) is 3.55. The van der Waals surface area contributed by atoms with Gasteiger partial charge >= 0.3 is 0 Å². The zero-order chi connectivity index (χ0) is 21.9. The van der Waals surface area contributed by atoms with E-state index in [1.165, 1.54) is 7.11 Å². The van der Waals surface area contributed by atoms with Gasteiger partial charge in [-0.3, -0.25) is 4.79 Å². The topological polar surface area (TPSA) is 74.6 Å². The summed E-state index contributed by atoms with van der Waals surface area (Å²) in [5, 5.41) is 2.86. The molecule has 1 amide bonds. The van der Waals surface area contributed by atoms with Crippen LogP contribution in [-0.4, -0.2) is 49.4 Å². The Hall–Kier alpha value is -3.06. The first kappa shape index (κ1) is 22.6. The first-order valence-corrected chi connectivity index (χ1v) is 10.7. The van der Waals surface area contributed by atoms with E-state index in [1.54, 1.807) is 7.11 Å². The molecule has 0 aliphatic rings. The summed E-state index contributed by atoms with van der Waals surface area (Å²) in [5.41, 5.74) is 2.12. The van der Waals surface area contributed by atoms with Gasteiger partial charge in [-0.05, 0) is 37.1 Å². The highest BCUT2D eigenvalue weighted by Crippen LogP contribution is 2.26. The molecular formula is C24H31N3O4. The highest BCUT2D eigenvalue weighted by atomic mass is 16.5.